The highest BCUT2D eigenvalue weighted by Crippen LogP contribution is 2.19. The lowest BCUT2D eigenvalue weighted by atomic mass is 10.2. The van der Waals surface area contributed by atoms with Crippen LogP contribution in [0, 0.1) is 0 Å². The van der Waals surface area contributed by atoms with E-state index in [2.05, 4.69) is 10.1 Å². The van der Waals surface area contributed by atoms with Gasteiger partial charge in [0.25, 0.3) is 0 Å². The average Bonchev–Trinajstić information content (AvgIpc) is 2.97. The zero-order valence-electron chi connectivity index (χ0n) is 11.3. The number of halogens is 3. The fraction of sp³-hybridized carbons (Fsp3) is 0.500. The molecule has 0 radical (unpaired) electrons. The number of hydrogen-bond acceptors (Lipinski definition) is 3. The van der Waals surface area contributed by atoms with E-state index in [9.17, 15) is 18.0 Å². The minimum Gasteiger partial charge on any atom is -0.484 e. The van der Waals surface area contributed by atoms with Crippen molar-refractivity contribution >= 4 is 5.91 Å². The van der Waals surface area contributed by atoms with E-state index in [1.807, 2.05) is 0 Å². The maximum Gasteiger partial charge on any atom is 0.422 e. The van der Waals surface area contributed by atoms with E-state index in [-0.39, 0.29) is 17.8 Å². The molecule has 1 N–H and O–H groups in total. The molecule has 1 aliphatic heterocycles. The molecule has 1 fully saturated rings. The quantitative estimate of drug-likeness (QED) is 0.909. The molecule has 1 atom stereocenters. The molecule has 0 spiro atoms. The number of amides is 1. The summed E-state index contributed by atoms with van der Waals surface area (Å²) >= 11 is 0. The molecule has 1 amide bonds. The van der Waals surface area contributed by atoms with Crippen LogP contribution in [0.2, 0.25) is 0 Å². The second kappa shape index (κ2) is 6.80. The summed E-state index contributed by atoms with van der Waals surface area (Å²) in [6.45, 7) is -0.413. The Morgan fingerprint density at radius 3 is 2.62 bits per heavy atom. The first-order chi connectivity index (χ1) is 9.94. The lowest BCUT2D eigenvalue weighted by Crippen LogP contribution is -2.33. The maximum atomic E-state index is 12.0. The number of hydrogen-bond donors (Lipinski definition) is 1. The summed E-state index contributed by atoms with van der Waals surface area (Å²) in [4.78, 5) is 11.7. The third-order valence-electron chi connectivity index (χ3n) is 3.01. The second-order valence-corrected chi connectivity index (χ2v) is 4.77. The van der Waals surface area contributed by atoms with Gasteiger partial charge in [0, 0.05) is 13.2 Å². The average molecular weight is 303 g/mol. The Morgan fingerprint density at radius 1 is 1.33 bits per heavy atom. The normalized spacial score (nSPS) is 18.5. The van der Waals surface area contributed by atoms with Crippen molar-refractivity contribution in [1.29, 1.82) is 0 Å². The number of ether oxygens (including phenoxy) is 2. The molecule has 1 heterocycles. The molecule has 0 saturated carbocycles. The standard InChI is InChI=1S/C14H16F3NO3/c15-14(16,17)9-21-11-5-3-10(4-6-11)8-18-13(19)12-2-1-7-20-12/h3-6,12H,1-2,7-9H2,(H,18,19). The van der Waals surface area contributed by atoms with Crippen molar-refractivity contribution in [1.82, 2.24) is 5.32 Å². The number of nitrogens with one attached hydrogen (secondary N) is 1. The smallest absolute Gasteiger partial charge is 0.422 e. The molecule has 1 unspecified atom stereocenters. The molecule has 4 nitrogen and oxygen atoms in total. The van der Waals surface area contributed by atoms with Crippen LogP contribution in [0.3, 0.4) is 0 Å². The van der Waals surface area contributed by atoms with Crippen LogP contribution >= 0.6 is 0 Å². The Hall–Kier alpha value is -1.76. The third-order valence-corrected chi connectivity index (χ3v) is 3.01. The van der Waals surface area contributed by atoms with Crippen LogP contribution in [0.5, 0.6) is 5.75 Å². The van der Waals surface area contributed by atoms with E-state index in [0.29, 0.717) is 13.2 Å². The van der Waals surface area contributed by atoms with Crippen LogP contribution in [0.15, 0.2) is 24.3 Å². The van der Waals surface area contributed by atoms with Crippen molar-refractivity contribution < 1.29 is 27.4 Å². The minimum absolute atomic E-state index is 0.140. The Labute approximate surface area is 120 Å². The zero-order chi connectivity index (χ0) is 15.3. The van der Waals surface area contributed by atoms with Gasteiger partial charge in [0.1, 0.15) is 11.9 Å². The van der Waals surface area contributed by atoms with Crippen LogP contribution in [-0.2, 0) is 16.1 Å². The summed E-state index contributed by atoms with van der Waals surface area (Å²) in [7, 11) is 0. The van der Waals surface area contributed by atoms with E-state index in [1.165, 1.54) is 12.1 Å². The molecule has 1 aromatic rings. The lowest BCUT2D eigenvalue weighted by Gasteiger charge is -2.11. The molecule has 2 rings (SSSR count). The van der Waals surface area contributed by atoms with Gasteiger partial charge < -0.3 is 14.8 Å². The number of alkyl halides is 3. The van der Waals surface area contributed by atoms with Crippen LogP contribution < -0.4 is 10.1 Å². The van der Waals surface area contributed by atoms with Gasteiger partial charge in [0.05, 0.1) is 0 Å². The molecule has 1 aromatic carbocycles. The van der Waals surface area contributed by atoms with E-state index < -0.39 is 12.8 Å². The topological polar surface area (TPSA) is 47.6 Å². The predicted molar refractivity (Wildman–Crippen MR) is 68.8 cm³/mol. The fourth-order valence-corrected chi connectivity index (χ4v) is 1.96. The number of benzene rings is 1. The zero-order valence-corrected chi connectivity index (χ0v) is 11.3. The van der Waals surface area contributed by atoms with Crippen LogP contribution in [0.1, 0.15) is 18.4 Å². The molecule has 7 heteroatoms. The van der Waals surface area contributed by atoms with Gasteiger partial charge in [-0.3, -0.25) is 4.79 Å². The number of carbonyl (C=O) groups is 1. The second-order valence-electron chi connectivity index (χ2n) is 4.77. The lowest BCUT2D eigenvalue weighted by molar-refractivity contribution is -0.153. The van der Waals surface area contributed by atoms with Crippen LogP contribution in [0.25, 0.3) is 0 Å². The predicted octanol–water partition coefficient (Wildman–Crippen LogP) is 2.42. The van der Waals surface area contributed by atoms with Gasteiger partial charge in [-0.2, -0.15) is 13.2 Å². The monoisotopic (exact) mass is 303 g/mol. The first-order valence-corrected chi connectivity index (χ1v) is 6.62. The van der Waals surface area contributed by atoms with Crippen molar-refractivity contribution in [2.45, 2.75) is 31.7 Å². The van der Waals surface area contributed by atoms with Crippen molar-refractivity contribution in [3.8, 4) is 5.75 Å². The van der Waals surface area contributed by atoms with Crippen molar-refractivity contribution in [3.05, 3.63) is 29.8 Å². The van der Waals surface area contributed by atoms with Crippen molar-refractivity contribution in [2.75, 3.05) is 13.2 Å². The van der Waals surface area contributed by atoms with E-state index in [0.717, 1.165) is 18.4 Å². The third kappa shape index (κ3) is 5.26. The van der Waals surface area contributed by atoms with E-state index in [4.69, 9.17) is 4.74 Å². The molecule has 116 valence electrons. The molecule has 0 bridgehead atoms. The molecular formula is C14H16F3NO3. The first kappa shape index (κ1) is 15.6. The Balaban J connectivity index is 1.78. The summed E-state index contributed by atoms with van der Waals surface area (Å²) < 4.78 is 45.8. The van der Waals surface area contributed by atoms with Gasteiger partial charge in [-0.25, -0.2) is 0 Å². The highest BCUT2D eigenvalue weighted by atomic mass is 19.4. The molecule has 0 aliphatic carbocycles. The van der Waals surface area contributed by atoms with E-state index in [1.54, 1.807) is 12.1 Å². The maximum absolute atomic E-state index is 12.0. The van der Waals surface area contributed by atoms with Gasteiger partial charge in [0.2, 0.25) is 5.91 Å². The highest BCUT2D eigenvalue weighted by Gasteiger charge is 2.28. The molecular weight excluding hydrogens is 287 g/mol. The van der Waals surface area contributed by atoms with Gasteiger partial charge in [-0.15, -0.1) is 0 Å². The molecule has 0 aromatic heterocycles. The Bertz CT molecular complexity index is 467. The highest BCUT2D eigenvalue weighted by molar-refractivity contribution is 5.80. The van der Waals surface area contributed by atoms with E-state index >= 15 is 0 Å². The number of carbonyl (C=O) groups excluding carboxylic acids is 1. The van der Waals surface area contributed by atoms with Crippen LogP contribution in [0.4, 0.5) is 13.2 Å². The summed E-state index contributed by atoms with van der Waals surface area (Å²) in [6, 6.07) is 6.11. The first-order valence-electron chi connectivity index (χ1n) is 6.62. The SMILES string of the molecule is O=C(NCc1ccc(OCC(F)(F)F)cc1)C1CCCO1. The summed E-state index contributed by atoms with van der Waals surface area (Å²) in [5.41, 5.74) is 0.778. The summed E-state index contributed by atoms with van der Waals surface area (Å²) in [5, 5.41) is 2.73. The Morgan fingerprint density at radius 2 is 2.05 bits per heavy atom. The van der Waals surface area contributed by atoms with Crippen molar-refractivity contribution in [2.24, 2.45) is 0 Å². The molecule has 1 saturated heterocycles. The van der Waals surface area contributed by atoms with Gasteiger partial charge >= 0.3 is 6.18 Å². The summed E-state index contributed by atoms with van der Waals surface area (Å²) in [5.74, 6) is -0.0218. The number of rotatable bonds is 5. The minimum atomic E-state index is -4.35. The largest absolute Gasteiger partial charge is 0.484 e. The van der Waals surface area contributed by atoms with Gasteiger partial charge in [0.15, 0.2) is 6.61 Å². The fourth-order valence-electron chi connectivity index (χ4n) is 1.96. The molecule has 21 heavy (non-hydrogen) atoms. The summed E-state index contributed by atoms with van der Waals surface area (Å²) in [6.07, 6.45) is -3.15. The van der Waals surface area contributed by atoms with Gasteiger partial charge in [-0.05, 0) is 30.5 Å². The van der Waals surface area contributed by atoms with Gasteiger partial charge in [-0.1, -0.05) is 12.1 Å². The molecule has 1 aliphatic rings. The van der Waals surface area contributed by atoms with Crippen LogP contribution in [-0.4, -0.2) is 31.4 Å². The van der Waals surface area contributed by atoms with Crippen molar-refractivity contribution in [3.63, 3.8) is 0 Å². The Kier molecular flexibility index (Phi) is 5.06.